The molecular weight excluding hydrogens is 258 g/mol. The van der Waals surface area contributed by atoms with Gasteiger partial charge < -0.3 is 19.9 Å². The van der Waals surface area contributed by atoms with E-state index in [2.05, 4.69) is 36.1 Å². The second kappa shape index (κ2) is 7.40. The van der Waals surface area contributed by atoms with E-state index in [0.717, 1.165) is 5.56 Å². The van der Waals surface area contributed by atoms with Gasteiger partial charge in [0.25, 0.3) is 0 Å². The minimum Gasteiger partial charge on any atom is -0.481 e. The molecule has 0 aliphatic rings. The van der Waals surface area contributed by atoms with Crippen molar-refractivity contribution in [3.8, 4) is 11.8 Å². The molecule has 0 aromatic carbocycles. The van der Waals surface area contributed by atoms with Crippen LogP contribution in [0.1, 0.15) is 32.8 Å². The summed E-state index contributed by atoms with van der Waals surface area (Å²) < 4.78 is 10.5. The molecule has 1 rings (SSSR count). The first-order valence-electron chi connectivity index (χ1n) is 6.70. The van der Waals surface area contributed by atoms with Crippen molar-refractivity contribution < 1.29 is 14.6 Å². The van der Waals surface area contributed by atoms with E-state index in [1.165, 1.54) is 6.33 Å². The van der Waals surface area contributed by atoms with E-state index in [9.17, 15) is 5.11 Å². The molecule has 1 atom stereocenters. The molecule has 0 spiro atoms. The van der Waals surface area contributed by atoms with E-state index in [1.54, 1.807) is 14.2 Å². The average molecular weight is 283 g/mol. The van der Waals surface area contributed by atoms with Crippen LogP contribution in [-0.4, -0.2) is 41.9 Å². The Kier molecular flexibility index (Phi) is 6.16. The highest BCUT2D eigenvalue weighted by molar-refractivity contribution is 5.34. The van der Waals surface area contributed by atoms with Crippen LogP contribution in [-0.2, 0) is 6.54 Å². The summed E-state index contributed by atoms with van der Waals surface area (Å²) in [5.74, 6) is 1.00. The fourth-order valence-corrected chi connectivity index (χ4v) is 2.08. The summed E-state index contributed by atoms with van der Waals surface area (Å²) in [6.07, 6.45) is 2.10. The normalized spacial score (nSPS) is 13.1. The number of nitrogens with zero attached hydrogens (tertiary/aromatic N) is 2. The Hall–Kier alpha value is -1.40. The van der Waals surface area contributed by atoms with E-state index in [4.69, 9.17) is 9.47 Å². The molecule has 0 bridgehead atoms. The summed E-state index contributed by atoms with van der Waals surface area (Å²) >= 11 is 0. The Labute approximate surface area is 120 Å². The minimum atomic E-state index is 0.0405. The van der Waals surface area contributed by atoms with Crippen LogP contribution >= 0.6 is 0 Å². The molecule has 1 unspecified atom stereocenters. The van der Waals surface area contributed by atoms with Gasteiger partial charge in [-0.3, -0.25) is 0 Å². The number of aliphatic hydroxyl groups is 1. The molecule has 0 saturated heterocycles. The summed E-state index contributed by atoms with van der Waals surface area (Å²) in [5, 5.41) is 12.6. The van der Waals surface area contributed by atoms with Crippen molar-refractivity contribution in [1.82, 2.24) is 15.3 Å². The fraction of sp³-hybridized carbons (Fsp3) is 0.714. The molecule has 0 fully saturated rings. The van der Waals surface area contributed by atoms with Gasteiger partial charge in [0, 0.05) is 19.2 Å². The summed E-state index contributed by atoms with van der Waals surface area (Å²) in [6.45, 7) is 7.08. The number of hydrogen-bond donors (Lipinski definition) is 2. The van der Waals surface area contributed by atoms with Gasteiger partial charge in [-0.1, -0.05) is 20.8 Å². The highest BCUT2D eigenvalue weighted by atomic mass is 16.5. The molecule has 0 radical (unpaired) electrons. The zero-order chi connectivity index (χ0) is 15.2. The molecule has 0 saturated carbocycles. The van der Waals surface area contributed by atoms with Crippen LogP contribution in [0.25, 0.3) is 0 Å². The Morgan fingerprint density at radius 2 is 1.75 bits per heavy atom. The van der Waals surface area contributed by atoms with Crippen LogP contribution in [0.5, 0.6) is 11.8 Å². The van der Waals surface area contributed by atoms with Crippen molar-refractivity contribution in [2.24, 2.45) is 5.41 Å². The largest absolute Gasteiger partial charge is 0.481 e. The lowest BCUT2D eigenvalue weighted by atomic mass is 9.85. The lowest BCUT2D eigenvalue weighted by Gasteiger charge is -2.31. The van der Waals surface area contributed by atoms with Gasteiger partial charge in [-0.2, -0.15) is 0 Å². The Bertz CT molecular complexity index is 396. The number of methoxy groups -OCH3 is 2. The van der Waals surface area contributed by atoms with Gasteiger partial charge in [-0.05, 0) is 11.8 Å². The first kappa shape index (κ1) is 16.7. The zero-order valence-corrected chi connectivity index (χ0v) is 12.9. The number of rotatable bonds is 7. The van der Waals surface area contributed by atoms with E-state index in [1.807, 2.05) is 0 Å². The topological polar surface area (TPSA) is 76.5 Å². The molecule has 1 aromatic rings. The van der Waals surface area contributed by atoms with Gasteiger partial charge in [0.1, 0.15) is 6.33 Å². The van der Waals surface area contributed by atoms with Crippen LogP contribution in [0.3, 0.4) is 0 Å². The first-order chi connectivity index (χ1) is 9.43. The number of aliphatic hydroxyl groups excluding tert-OH is 1. The first-order valence-corrected chi connectivity index (χ1v) is 6.70. The quantitative estimate of drug-likeness (QED) is 0.787. The number of hydrogen-bond acceptors (Lipinski definition) is 6. The van der Waals surface area contributed by atoms with Gasteiger partial charge in [-0.25, -0.2) is 9.97 Å². The van der Waals surface area contributed by atoms with E-state index >= 15 is 0 Å². The molecule has 6 heteroatoms. The highest BCUT2D eigenvalue weighted by Crippen LogP contribution is 2.26. The predicted octanol–water partition coefficient (Wildman–Crippen LogP) is 1.38. The standard InChI is InChI=1S/C14H25N3O3/c1-14(2,3)11(6-7-18)15-8-10-12(19-4)16-9-17-13(10)20-5/h9,11,15,18H,6-8H2,1-5H3. The lowest BCUT2D eigenvalue weighted by molar-refractivity contribution is 0.195. The van der Waals surface area contributed by atoms with Gasteiger partial charge >= 0.3 is 0 Å². The van der Waals surface area contributed by atoms with Gasteiger partial charge in [-0.15, -0.1) is 0 Å². The predicted molar refractivity (Wildman–Crippen MR) is 76.9 cm³/mol. The van der Waals surface area contributed by atoms with Crippen LogP contribution < -0.4 is 14.8 Å². The molecule has 1 aromatic heterocycles. The molecule has 114 valence electrons. The number of nitrogens with one attached hydrogen (secondary N) is 1. The molecule has 6 nitrogen and oxygen atoms in total. The van der Waals surface area contributed by atoms with E-state index < -0.39 is 0 Å². The second-order valence-corrected chi connectivity index (χ2v) is 5.68. The number of ether oxygens (including phenoxy) is 2. The lowest BCUT2D eigenvalue weighted by Crippen LogP contribution is -2.40. The highest BCUT2D eigenvalue weighted by Gasteiger charge is 2.24. The van der Waals surface area contributed by atoms with Crippen molar-refractivity contribution in [2.45, 2.75) is 39.8 Å². The van der Waals surface area contributed by atoms with Crippen molar-refractivity contribution in [2.75, 3.05) is 20.8 Å². The molecule has 2 N–H and O–H groups in total. The van der Waals surface area contributed by atoms with Crippen LogP contribution in [0.2, 0.25) is 0 Å². The maximum absolute atomic E-state index is 9.18. The minimum absolute atomic E-state index is 0.0405. The fourth-order valence-electron chi connectivity index (χ4n) is 2.08. The molecule has 20 heavy (non-hydrogen) atoms. The second-order valence-electron chi connectivity index (χ2n) is 5.68. The Morgan fingerprint density at radius 1 is 1.20 bits per heavy atom. The van der Waals surface area contributed by atoms with Crippen LogP contribution in [0.4, 0.5) is 0 Å². The molecule has 0 aliphatic heterocycles. The number of aromatic nitrogens is 2. The Balaban J connectivity index is 2.87. The third kappa shape index (κ3) is 4.31. The van der Waals surface area contributed by atoms with Crippen molar-refractivity contribution in [1.29, 1.82) is 0 Å². The third-order valence-corrected chi connectivity index (χ3v) is 3.24. The monoisotopic (exact) mass is 283 g/mol. The summed E-state index contributed by atoms with van der Waals surface area (Å²) in [7, 11) is 3.14. The van der Waals surface area contributed by atoms with Gasteiger partial charge in [0.15, 0.2) is 0 Å². The molecule has 0 aliphatic carbocycles. The van der Waals surface area contributed by atoms with Crippen molar-refractivity contribution in [3.63, 3.8) is 0 Å². The van der Waals surface area contributed by atoms with Crippen molar-refractivity contribution in [3.05, 3.63) is 11.9 Å². The maximum Gasteiger partial charge on any atom is 0.224 e. The molecular formula is C14H25N3O3. The maximum atomic E-state index is 9.18. The SMILES string of the molecule is COc1ncnc(OC)c1CNC(CCO)C(C)(C)C. The third-order valence-electron chi connectivity index (χ3n) is 3.24. The average Bonchev–Trinajstić information content (AvgIpc) is 2.41. The summed E-state index contributed by atoms with van der Waals surface area (Å²) in [5.41, 5.74) is 0.823. The summed E-state index contributed by atoms with van der Waals surface area (Å²) in [4.78, 5) is 8.18. The van der Waals surface area contributed by atoms with E-state index in [0.29, 0.717) is 24.7 Å². The zero-order valence-electron chi connectivity index (χ0n) is 12.9. The van der Waals surface area contributed by atoms with E-state index in [-0.39, 0.29) is 18.1 Å². The van der Waals surface area contributed by atoms with Gasteiger partial charge in [0.2, 0.25) is 11.8 Å². The molecule has 0 amide bonds. The van der Waals surface area contributed by atoms with Crippen molar-refractivity contribution >= 4 is 0 Å². The van der Waals surface area contributed by atoms with Gasteiger partial charge in [0.05, 0.1) is 19.8 Å². The van der Waals surface area contributed by atoms with Crippen LogP contribution in [0.15, 0.2) is 6.33 Å². The summed E-state index contributed by atoms with van der Waals surface area (Å²) in [6, 6.07) is 0.169. The smallest absolute Gasteiger partial charge is 0.224 e. The molecule has 1 heterocycles. The Morgan fingerprint density at radius 3 is 2.15 bits per heavy atom. The van der Waals surface area contributed by atoms with Crippen LogP contribution in [0, 0.1) is 5.41 Å².